The van der Waals surface area contributed by atoms with E-state index in [0.717, 1.165) is 17.7 Å². The number of anilines is 1. The highest BCUT2D eigenvalue weighted by Crippen LogP contribution is 2.22. The first kappa shape index (κ1) is 18.1. The fourth-order valence-electron chi connectivity index (χ4n) is 2.29. The van der Waals surface area contributed by atoms with Gasteiger partial charge in [0.05, 0.1) is 19.3 Å². The summed E-state index contributed by atoms with van der Waals surface area (Å²) in [6.07, 6.45) is 0.802. The predicted octanol–water partition coefficient (Wildman–Crippen LogP) is 4.62. The maximum absolute atomic E-state index is 11.8. The summed E-state index contributed by atoms with van der Waals surface area (Å²) in [5.41, 5.74) is 3.44. The number of halogens is 1. The molecular weight excluding hydrogens is 326 g/mol. The van der Waals surface area contributed by atoms with Crippen LogP contribution in [0.2, 0.25) is 5.02 Å². The Kier molecular flexibility index (Phi) is 6.50. The highest BCUT2D eigenvalue weighted by Gasteiger charge is 2.12. The molecule has 2 aromatic rings. The lowest BCUT2D eigenvalue weighted by molar-refractivity contribution is 0.0602. The summed E-state index contributed by atoms with van der Waals surface area (Å²) >= 11 is 5.94. The summed E-state index contributed by atoms with van der Waals surface area (Å²) < 4.78 is 10.6. The summed E-state index contributed by atoms with van der Waals surface area (Å²) in [5.74, 6) is 0.503. The van der Waals surface area contributed by atoms with Gasteiger partial charge in [-0.25, -0.2) is 4.79 Å². The highest BCUT2D eigenvalue weighted by molar-refractivity contribution is 6.31. The first-order valence-electron chi connectivity index (χ1n) is 7.83. The lowest BCUT2D eigenvalue weighted by Gasteiger charge is -2.13. The van der Waals surface area contributed by atoms with Crippen LogP contribution in [0.1, 0.15) is 27.9 Å². The van der Waals surface area contributed by atoms with Gasteiger partial charge in [-0.15, -0.1) is 0 Å². The van der Waals surface area contributed by atoms with Gasteiger partial charge < -0.3 is 14.8 Å². The van der Waals surface area contributed by atoms with Crippen LogP contribution in [-0.4, -0.2) is 26.2 Å². The molecule has 1 N–H and O–H groups in total. The van der Waals surface area contributed by atoms with Crippen LogP contribution in [0.3, 0.4) is 0 Å². The molecule has 0 amide bonds. The Hall–Kier alpha value is -2.20. The van der Waals surface area contributed by atoms with Gasteiger partial charge in [0.25, 0.3) is 0 Å². The monoisotopic (exact) mass is 347 g/mol. The Morgan fingerprint density at radius 2 is 1.96 bits per heavy atom. The molecule has 0 fully saturated rings. The number of nitrogens with one attached hydrogen (secondary N) is 1. The van der Waals surface area contributed by atoms with Crippen LogP contribution in [0, 0.1) is 13.8 Å². The third-order valence-corrected chi connectivity index (χ3v) is 3.86. The molecule has 0 saturated carbocycles. The summed E-state index contributed by atoms with van der Waals surface area (Å²) in [5, 5.41) is 3.73. The molecule has 0 atom stereocenters. The van der Waals surface area contributed by atoms with Crippen LogP contribution in [-0.2, 0) is 4.74 Å². The first-order chi connectivity index (χ1) is 11.5. The van der Waals surface area contributed by atoms with E-state index in [-0.39, 0.29) is 0 Å². The van der Waals surface area contributed by atoms with E-state index in [1.54, 1.807) is 18.2 Å². The highest BCUT2D eigenvalue weighted by atomic mass is 35.5. The normalized spacial score (nSPS) is 10.3. The minimum absolute atomic E-state index is 0.411. The van der Waals surface area contributed by atoms with Crippen molar-refractivity contribution in [1.82, 2.24) is 0 Å². The number of rotatable bonds is 7. The maximum Gasteiger partial charge on any atom is 0.340 e. The van der Waals surface area contributed by atoms with Gasteiger partial charge in [0.2, 0.25) is 0 Å². The molecule has 0 saturated heterocycles. The van der Waals surface area contributed by atoms with Crippen molar-refractivity contribution >= 4 is 23.3 Å². The topological polar surface area (TPSA) is 47.6 Å². The zero-order chi connectivity index (χ0) is 17.5. The fourth-order valence-corrected chi connectivity index (χ4v) is 2.46. The number of ether oxygens (including phenoxy) is 2. The number of methoxy groups -OCH3 is 1. The number of esters is 1. The Morgan fingerprint density at radius 1 is 1.17 bits per heavy atom. The van der Waals surface area contributed by atoms with Crippen molar-refractivity contribution in [2.45, 2.75) is 20.3 Å². The lowest BCUT2D eigenvalue weighted by atomic mass is 10.1. The van der Waals surface area contributed by atoms with Crippen LogP contribution in [0.4, 0.5) is 5.69 Å². The van der Waals surface area contributed by atoms with Gasteiger partial charge in [-0.3, -0.25) is 0 Å². The third kappa shape index (κ3) is 4.90. The van der Waals surface area contributed by atoms with Crippen molar-refractivity contribution < 1.29 is 14.3 Å². The van der Waals surface area contributed by atoms with Crippen molar-refractivity contribution in [3.05, 3.63) is 58.1 Å². The Morgan fingerprint density at radius 3 is 2.71 bits per heavy atom. The van der Waals surface area contributed by atoms with Gasteiger partial charge in [-0.1, -0.05) is 23.7 Å². The molecule has 2 aromatic carbocycles. The molecular formula is C19H22ClNO3. The second-order valence-corrected chi connectivity index (χ2v) is 6.02. The van der Waals surface area contributed by atoms with Crippen molar-refractivity contribution in [1.29, 1.82) is 0 Å². The number of hydrogen-bond donors (Lipinski definition) is 1. The van der Waals surface area contributed by atoms with E-state index < -0.39 is 5.97 Å². The molecule has 0 aliphatic heterocycles. The Labute approximate surface area is 147 Å². The van der Waals surface area contributed by atoms with Gasteiger partial charge in [-0.2, -0.15) is 0 Å². The molecule has 0 bridgehead atoms. The zero-order valence-electron chi connectivity index (χ0n) is 14.2. The van der Waals surface area contributed by atoms with E-state index in [1.807, 2.05) is 19.9 Å². The van der Waals surface area contributed by atoms with Crippen LogP contribution in [0.15, 0.2) is 36.4 Å². The second kappa shape index (κ2) is 8.60. The van der Waals surface area contributed by atoms with E-state index in [0.29, 0.717) is 29.4 Å². The first-order valence-corrected chi connectivity index (χ1v) is 8.21. The van der Waals surface area contributed by atoms with E-state index >= 15 is 0 Å². The predicted molar refractivity (Wildman–Crippen MR) is 97.3 cm³/mol. The van der Waals surface area contributed by atoms with Crippen LogP contribution in [0.25, 0.3) is 0 Å². The number of benzene rings is 2. The standard InChI is InChI=1S/C19H22ClNO3/c1-13-5-6-14(2)18(11-13)24-10-4-9-21-17-8-7-15(20)12-16(17)19(22)23-3/h5-8,11-12,21H,4,9-10H2,1-3H3. The average molecular weight is 348 g/mol. The molecule has 0 aromatic heterocycles. The summed E-state index contributed by atoms with van der Waals surface area (Å²) in [4.78, 5) is 11.8. The molecule has 128 valence electrons. The largest absolute Gasteiger partial charge is 0.493 e. The minimum Gasteiger partial charge on any atom is -0.493 e. The SMILES string of the molecule is COC(=O)c1cc(Cl)ccc1NCCCOc1cc(C)ccc1C. The quantitative estimate of drug-likeness (QED) is 0.586. The number of carbonyl (C=O) groups excluding carboxylic acids is 1. The zero-order valence-corrected chi connectivity index (χ0v) is 14.9. The van der Waals surface area contributed by atoms with Gasteiger partial charge in [0.15, 0.2) is 0 Å². The molecule has 0 spiro atoms. The number of aryl methyl sites for hydroxylation is 2. The molecule has 24 heavy (non-hydrogen) atoms. The molecule has 0 radical (unpaired) electrons. The Balaban J connectivity index is 1.86. The smallest absolute Gasteiger partial charge is 0.340 e. The third-order valence-electron chi connectivity index (χ3n) is 3.62. The molecule has 5 heteroatoms. The molecule has 2 rings (SSSR count). The summed E-state index contributed by atoms with van der Waals surface area (Å²) in [6.45, 7) is 5.35. The van der Waals surface area contributed by atoms with Crippen molar-refractivity contribution in [2.75, 3.05) is 25.6 Å². The van der Waals surface area contributed by atoms with Crippen LogP contribution < -0.4 is 10.1 Å². The number of hydrogen-bond acceptors (Lipinski definition) is 4. The van der Waals surface area contributed by atoms with E-state index in [9.17, 15) is 4.79 Å². The molecule has 0 unspecified atom stereocenters. The average Bonchev–Trinajstić information content (AvgIpc) is 2.57. The summed E-state index contributed by atoms with van der Waals surface area (Å²) in [7, 11) is 1.35. The van der Waals surface area contributed by atoms with Crippen LogP contribution in [0.5, 0.6) is 5.75 Å². The fraction of sp³-hybridized carbons (Fsp3) is 0.316. The lowest BCUT2D eigenvalue weighted by Crippen LogP contribution is -2.11. The maximum atomic E-state index is 11.8. The molecule has 0 heterocycles. The van der Waals surface area contributed by atoms with Gasteiger partial charge >= 0.3 is 5.97 Å². The molecule has 0 aliphatic carbocycles. The van der Waals surface area contributed by atoms with Crippen molar-refractivity contribution in [3.63, 3.8) is 0 Å². The van der Waals surface area contributed by atoms with E-state index in [2.05, 4.69) is 17.4 Å². The van der Waals surface area contributed by atoms with E-state index in [4.69, 9.17) is 21.1 Å². The number of carbonyl (C=O) groups is 1. The second-order valence-electron chi connectivity index (χ2n) is 5.58. The molecule has 4 nitrogen and oxygen atoms in total. The van der Waals surface area contributed by atoms with Crippen molar-refractivity contribution in [3.8, 4) is 5.75 Å². The van der Waals surface area contributed by atoms with Crippen molar-refractivity contribution in [2.24, 2.45) is 0 Å². The Bertz CT molecular complexity index is 716. The summed E-state index contributed by atoms with van der Waals surface area (Å²) in [6, 6.07) is 11.3. The van der Waals surface area contributed by atoms with Crippen LogP contribution >= 0.6 is 11.6 Å². The van der Waals surface area contributed by atoms with Gasteiger partial charge in [0.1, 0.15) is 5.75 Å². The molecule has 0 aliphatic rings. The minimum atomic E-state index is -0.411. The van der Waals surface area contributed by atoms with E-state index in [1.165, 1.54) is 12.7 Å². The van der Waals surface area contributed by atoms with Gasteiger partial charge in [-0.05, 0) is 55.7 Å². The van der Waals surface area contributed by atoms with Gasteiger partial charge in [0, 0.05) is 17.3 Å².